The maximum atomic E-state index is 14.5. The van der Waals surface area contributed by atoms with Crippen LogP contribution in [0.4, 0.5) is 0 Å². The number of carboxylic acid groups (broad SMARTS) is 1. The van der Waals surface area contributed by atoms with Crippen molar-refractivity contribution in [2.45, 2.75) is 128 Å². The minimum atomic E-state index is -1.34. The van der Waals surface area contributed by atoms with Crippen LogP contribution in [0.2, 0.25) is 0 Å². The molecule has 59 heavy (non-hydrogen) atoms. The number of nitrogens with one attached hydrogen (secondary N) is 4. The largest absolute Gasteiger partial charge is 0.478 e. The molecule has 7 N–H and O–H groups in total. The van der Waals surface area contributed by atoms with Crippen molar-refractivity contribution in [2.24, 2.45) is 23.0 Å². The van der Waals surface area contributed by atoms with E-state index in [9.17, 15) is 43.5 Å². The van der Waals surface area contributed by atoms with E-state index in [0.717, 1.165) is 51.4 Å². The van der Waals surface area contributed by atoms with Gasteiger partial charge in [0.1, 0.15) is 30.2 Å². The number of ether oxygens (including phenoxy) is 1. The number of methoxy groups -OCH3 is 1. The summed E-state index contributed by atoms with van der Waals surface area (Å²) in [5.41, 5.74) is 4.42. The molecule has 4 rings (SSSR count). The number of carbonyl (C=O) groups excluding carboxylic acids is 7. The van der Waals surface area contributed by atoms with Gasteiger partial charge in [-0.3, -0.25) is 28.8 Å². The summed E-state index contributed by atoms with van der Waals surface area (Å²) < 4.78 is 4.62. The minimum absolute atomic E-state index is 0.0373. The molecule has 1 aromatic carbocycles. The minimum Gasteiger partial charge on any atom is -0.478 e. The van der Waals surface area contributed by atoms with Gasteiger partial charge in [-0.05, 0) is 67.9 Å². The number of carbonyl (C=O) groups is 8. The molecule has 0 spiro atoms. The molecule has 16 nitrogen and oxygen atoms in total. The van der Waals surface area contributed by atoms with E-state index in [1.54, 1.807) is 32.9 Å². The lowest BCUT2D eigenvalue weighted by molar-refractivity contribution is -0.144. The first-order chi connectivity index (χ1) is 28.0. The number of amides is 6. The Morgan fingerprint density at radius 1 is 0.831 bits per heavy atom. The lowest BCUT2D eigenvalue weighted by Gasteiger charge is -2.37. The first-order valence-corrected chi connectivity index (χ1v) is 20.6. The van der Waals surface area contributed by atoms with Crippen LogP contribution in [-0.4, -0.2) is 101 Å². The van der Waals surface area contributed by atoms with Crippen LogP contribution >= 0.6 is 0 Å². The topological polar surface area (TPSA) is 243 Å². The average molecular weight is 821 g/mol. The maximum Gasteiger partial charge on any atom is 0.336 e. The van der Waals surface area contributed by atoms with E-state index in [1.165, 1.54) is 48.4 Å². The highest BCUT2D eigenvalue weighted by atomic mass is 16.5. The van der Waals surface area contributed by atoms with E-state index < -0.39 is 83.0 Å². The van der Waals surface area contributed by atoms with Gasteiger partial charge >= 0.3 is 11.9 Å². The summed E-state index contributed by atoms with van der Waals surface area (Å²) >= 11 is 0. The number of nitrogens with zero attached hydrogens (tertiary/aromatic N) is 1. The molecule has 0 aromatic heterocycles. The predicted molar refractivity (Wildman–Crippen MR) is 217 cm³/mol. The molecule has 3 aliphatic rings. The molecule has 2 aliphatic carbocycles. The molecule has 1 heterocycles. The number of aromatic carboxylic acids is 1. The fourth-order valence-corrected chi connectivity index (χ4v) is 8.15. The zero-order chi connectivity index (χ0) is 43.3. The van der Waals surface area contributed by atoms with Gasteiger partial charge in [0.2, 0.25) is 29.5 Å². The van der Waals surface area contributed by atoms with E-state index >= 15 is 0 Å². The van der Waals surface area contributed by atoms with Crippen molar-refractivity contribution in [1.82, 2.24) is 26.2 Å². The van der Waals surface area contributed by atoms with Crippen molar-refractivity contribution in [3.8, 4) is 0 Å². The molecule has 1 aliphatic heterocycles. The molecule has 5 atom stereocenters. The normalized spacial score (nSPS) is 19.5. The standard InChI is InChI=1S/C43H60N6O10/c1-43(2,3)35(48-38(53)30(22-13-14-24-32(50)59-4)45-37(52)28-20-11-12-21-29(28)42(57)58)41(56)49-25-15-23-31(49)39(54)47-34(27-18-9-6-10-19-27)40(55)46-33(36(44)51)26-16-7-5-8-17-26/h11-12,14-15,20-21,23-24,26-27,30-31,33-35H,5-10,13,16-19,22,25H2,1-4H3,(H2,44,51)(H,45,52)(H,46,55)(H,47,54)(H,48,53)(H,57,58)/b24-14+/t30-,31-,33-,34-,35+/m0/s1. The van der Waals surface area contributed by atoms with Crippen molar-refractivity contribution in [1.29, 1.82) is 0 Å². The molecule has 0 saturated heterocycles. The Kier molecular flexibility index (Phi) is 16.8. The van der Waals surface area contributed by atoms with Gasteiger partial charge < -0.3 is 41.7 Å². The van der Waals surface area contributed by atoms with Crippen molar-refractivity contribution >= 4 is 47.4 Å². The summed E-state index contributed by atoms with van der Waals surface area (Å²) in [6, 6.07) is 0.0582. The third kappa shape index (κ3) is 12.7. The van der Waals surface area contributed by atoms with Crippen LogP contribution in [0.1, 0.15) is 119 Å². The summed E-state index contributed by atoms with van der Waals surface area (Å²) in [7, 11) is 1.21. The molecular weight excluding hydrogens is 761 g/mol. The van der Waals surface area contributed by atoms with Gasteiger partial charge in [-0.1, -0.05) is 89.7 Å². The van der Waals surface area contributed by atoms with Gasteiger partial charge in [0, 0.05) is 12.6 Å². The average Bonchev–Trinajstić information content (AvgIpc) is 3.72. The molecule has 6 amide bonds. The van der Waals surface area contributed by atoms with Crippen LogP contribution in [0.25, 0.3) is 0 Å². The number of benzene rings is 1. The van der Waals surface area contributed by atoms with Gasteiger partial charge in [0.25, 0.3) is 5.91 Å². The van der Waals surface area contributed by atoms with Crippen LogP contribution < -0.4 is 27.0 Å². The molecule has 16 heteroatoms. The smallest absolute Gasteiger partial charge is 0.336 e. The Morgan fingerprint density at radius 3 is 1.98 bits per heavy atom. The second-order valence-corrected chi connectivity index (χ2v) is 16.7. The number of hydrogen-bond acceptors (Lipinski definition) is 9. The predicted octanol–water partition coefficient (Wildman–Crippen LogP) is 2.91. The highest BCUT2D eigenvalue weighted by Crippen LogP contribution is 2.30. The van der Waals surface area contributed by atoms with Gasteiger partial charge in [0.15, 0.2) is 0 Å². The van der Waals surface area contributed by atoms with Crippen LogP contribution in [0.15, 0.2) is 48.6 Å². The van der Waals surface area contributed by atoms with Crippen molar-refractivity contribution < 1.29 is 48.2 Å². The quantitative estimate of drug-likeness (QED) is 0.0763. The zero-order valence-corrected chi connectivity index (χ0v) is 34.5. The van der Waals surface area contributed by atoms with Crippen molar-refractivity contribution in [2.75, 3.05) is 13.7 Å². The number of rotatable bonds is 17. The summed E-state index contributed by atoms with van der Waals surface area (Å²) in [5, 5.41) is 20.8. The summed E-state index contributed by atoms with van der Waals surface area (Å²) in [4.78, 5) is 107. The number of primary amides is 1. The molecule has 0 bridgehead atoms. The first-order valence-electron chi connectivity index (χ1n) is 20.6. The SMILES string of the molecule is COC(=O)/C=C/CC[C@H](NC(=O)c1ccccc1C(=O)O)C(=O)N[C@H](C(=O)N1CC=C[C@H]1C(=O)N[C@H](C(=O)N[C@H](C(N)=O)C1CCCCC1)C1CCCCC1)C(C)(C)C. The lowest BCUT2D eigenvalue weighted by Crippen LogP contribution is -2.62. The highest BCUT2D eigenvalue weighted by Gasteiger charge is 2.43. The number of esters is 1. The third-order valence-electron chi connectivity index (χ3n) is 11.4. The summed E-state index contributed by atoms with van der Waals surface area (Å²) in [6.07, 6.45) is 14.5. The molecule has 1 aromatic rings. The number of allylic oxidation sites excluding steroid dienone is 1. The molecule has 2 saturated carbocycles. The maximum absolute atomic E-state index is 14.5. The van der Waals surface area contributed by atoms with E-state index in [0.29, 0.717) is 12.8 Å². The Morgan fingerprint density at radius 2 is 1.42 bits per heavy atom. The Hall–Kier alpha value is -5.54. The van der Waals surface area contributed by atoms with Gasteiger partial charge in [0.05, 0.1) is 18.2 Å². The second kappa shape index (κ2) is 21.5. The van der Waals surface area contributed by atoms with E-state index in [1.807, 2.05) is 0 Å². The van der Waals surface area contributed by atoms with Gasteiger partial charge in [-0.15, -0.1) is 0 Å². The van der Waals surface area contributed by atoms with Crippen molar-refractivity contribution in [3.63, 3.8) is 0 Å². The van der Waals surface area contributed by atoms with Gasteiger partial charge in [-0.25, -0.2) is 9.59 Å². The highest BCUT2D eigenvalue weighted by molar-refractivity contribution is 6.06. The Labute approximate surface area is 345 Å². The van der Waals surface area contributed by atoms with Crippen LogP contribution in [0.5, 0.6) is 0 Å². The zero-order valence-electron chi connectivity index (χ0n) is 34.5. The number of hydrogen-bond donors (Lipinski definition) is 6. The second-order valence-electron chi connectivity index (χ2n) is 16.7. The number of carboxylic acids is 1. The third-order valence-corrected chi connectivity index (χ3v) is 11.4. The van der Waals surface area contributed by atoms with Crippen LogP contribution in [0, 0.1) is 17.3 Å². The molecule has 0 unspecified atom stereocenters. The Bertz CT molecular complexity index is 1780. The molecule has 322 valence electrons. The van der Waals surface area contributed by atoms with Gasteiger partial charge in [-0.2, -0.15) is 0 Å². The Balaban J connectivity index is 1.54. The molecule has 2 fully saturated rings. The lowest BCUT2D eigenvalue weighted by atomic mass is 9.81. The summed E-state index contributed by atoms with van der Waals surface area (Å²) in [6.45, 7) is 5.23. The molecule has 0 radical (unpaired) electrons. The fraction of sp³-hybridized carbons (Fsp3) is 0.581. The number of nitrogens with two attached hydrogens (primary N) is 1. The first kappa shape index (κ1) is 46.2. The van der Waals surface area contributed by atoms with Crippen LogP contribution in [-0.2, 0) is 33.5 Å². The van der Waals surface area contributed by atoms with E-state index in [2.05, 4.69) is 26.0 Å². The summed E-state index contributed by atoms with van der Waals surface area (Å²) in [5.74, 6) is -6.12. The van der Waals surface area contributed by atoms with E-state index in [4.69, 9.17) is 5.73 Å². The van der Waals surface area contributed by atoms with E-state index in [-0.39, 0.29) is 42.3 Å². The fourth-order valence-electron chi connectivity index (χ4n) is 8.15. The monoisotopic (exact) mass is 820 g/mol. The van der Waals surface area contributed by atoms with Crippen LogP contribution in [0.3, 0.4) is 0 Å². The van der Waals surface area contributed by atoms with Crippen molar-refractivity contribution in [3.05, 3.63) is 59.7 Å². The molecular formula is C43H60N6O10.